The highest BCUT2D eigenvalue weighted by Gasteiger charge is 2.48. The summed E-state index contributed by atoms with van der Waals surface area (Å²) >= 11 is 5.78. The lowest BCUT2D eigenvalue weighted by Gasteiger charge is -2.11. The number of nitrogens with zero attached hydrogens (tertiary/aromatic N) is 1. The van der Waals surface area contributed by atoms with Gasteiger partial charge in [0.15, 0.2) is 0 Å². The second kappa shape index (κ2) is 3.79. The van der Waals surface area contributed by atoms with Gasteiger partial charge in [0.05, 0.1) is 5.41 Å². The Morgan fingerprint density at radius 3 is 2.93 bits per heavy atom. The summed E-state index contributed by atoms with van der Waals surface area (Å²) in [4.78, 5) is 15.8. The van der Waals surface area contributed by atoms with Crippen molar-refractivity contribution in [3.63, 3.8) is 0 Å². The van der Waals surface area contributed by atoms with E-state index in [-0.39, 0.29) is 11.3 Å². The molecular weight excluding hydrogens is 214 g/mol. The van der Waals surface area contributed by atoms with Crippen molar-refractivity contribution in [2.24, 2.45) is 11.1 Å². The first kappa shape index (κ1) is 10.4. The molecule has 1 amide bonds. The summed E-state index contributed by atoms with van der Waals surface area (Å²) in [6.45, 7) is 0.388. The van der Waals surface area contributed by atoms with Crippen LogP contribution in [0.3, 0.4) is 0 Å². The molecule has 1 aromatic heterocycles. The minimum absolute atomic E-state index is 0.0558. The van der Waals surface area contributed by atoms with Crippen LogP contribution in [0.15, 0.2) is 18.3 Å². The summed E-state index contributed by atoms with van der Waals surface area (Å²) in [5.41, 5.74) is 5.19. The molecule has 15 heavy (non-hydrogen) atoms. The third kappa shape index (κ3) is 2.11. The van der Waals surface area contributed by atoms with Gasteiger partial charge >= 0.3 is 0 Å². The van der Waals surface area contributed by atoms with Crippen molar-refractivity contribution >= 4 is 23.3 Å². The minimum atomic E-state index is -0.357. The maximum atomic E-state index is 11.8. The minimum Gasteiger partial charge on any atom is -0.329 e. The van der Waals surface area contributed by atoms with Gasteiger partial charge in [0.2, 0.25) is 5.91 Å². The Morgan fingerprint density at radius 1 is 1.67 bits per heavy atom. The number of rotatable bonds is 3. The number of halogens is 1. The van der Waals surface area contributed by atoms with Gasteiger partial charge < -0.3 is 11.1 Å². The van der Waals surface area contributed by atoms with Crippen LogP contribution in [0.2, 0.25) is 5.02 Å². The highest BCUT2D eigenvalue weighted by atomic mass is 35.5. The highest BCUT2D eigenvalue weighted by molar-refractivity contribution is 6.30. The molecule has 0 aliphatic heterocycles. The molecule has 0 spiro atoms. The maximum Gasteiger partial charge on any atom is 0.233 e. The number of hydrogen-bond donors (Lipinski definition) is 2. The summed E-state index contributed by atoms with van der Waals surface area (Å²) in [5.74, 6) is 0.423. The summed E-state index contributed by atoms with van der Waals surface area (Å²) in [5, 5.41) is 3.28. The summed E-state index contributed by atoms with van der Waals surface area (Å²) in [6.07, 6.45) is 3.27. The van der Waals surface area contributed by atoms with Gasteiger partial charge in [0.1, 0.15) is 5.82 Å². The van der Waals surface area contributed by atoms with Gasteiger partial charge in [-0.1, -0.05) is 11.6 Å². The quantitative estimate of drug-likeness (QED) is 0.818. The fraction of sp³-hybridized carbons (Fsp3) is 0.400. The average molecular weight is 226 g/mol. The molecule has 2 rings (SSSR count). The van der Waals surface area contributed by atoms with Gasteiger partial charge in [-0.25, -0.2) is 4.98 Å². The molecule has 3 N–H and O–H groups in total. The van der Waals surface area contributed by atoms with E-state index in [9.17, 15) is 4.79 Å². The van der Waals surface area contributed by atoms with Crippen molar-refractivity contribution in [3.05, 3.63) is 23.4 Å². The molecule has 1 heterocycles. The molecule has 0 atom stereocenters. The molecule has 0 aromatic carbocycles. The van der Waals surface area contributed by atoms with Crippen LogP contribution in [0.1, 0.15) is 12.8 Å². The third-order valence-corrected chi connectivity index (χ3v) is 2.92. The first-order chi connectivity index (χ1) is 7.16. The number of aromatic nitrogens is 1. The molecule has 1 aliphatic rings. The molecule has 1 saturated carbocycles. The molecule has 0 unspecified atom stereocenters. The first-order valence-corrected chi connectivity index (χ1v) is 5.17. The van der Waals surface area contributed by atoms with Crippen molar-refractivity contribution in [2.75, 3.05) is 11.9 Å². The Balaban J connectivity index is 2.06. The van der Waals surface area contributed by atoms with Crippen LogP contribution in [0, 0.1) is 5.41 Å². The van der Waals surface area contributed by atoms with Gasteiger partial charge in [-0.05, 0) is 25.0 Å². The predicted octanol–water partition coefficient (Wildman–Crippen LogP) is 1.41. The van der Waals surface area contributed by atoms with E-state index < -0.39 is 0 Å². The van der Waals surface area contributed by atoms with Crippen molar-refractivity contribution in [3.8, 4) is 0 Å². The Morgan fingerprint density at radius 2 is 2.40 bits per heavy atom. The van der Waals surface area contributed by atoms with Crippen molar-refractivity contribution < 1.29 is 4.79 Å². The second-order valence-electron chi connectivity index (χ2n) is 3.80. The monoisotopic (exact) mass is 225 g/mol. The normalized spacial score (nSPS) is 17.2. The number of hydrogen-bond acceptors (Lipinski definition) is 3. The number of carbonyl (C=O) groups is 1. The predicted molar refractivity (Wildman–Crippen MR) is 58.6 cm³/mol. The van der Waals surface area contributed by atoms with E-state index in [0.29, 0.717) is 17.4 Å². The van der Waals surface area contributed by atoms with Crippen LogP contribution in [0.4, 0.5) is 5.82 Å². The molecule has 0 radical (unpaired) electrons. The number of anilines is 1. The standard InChI is InChI=1S/C10H12ClN3O/c11-7-1-4-13-8(5-7)14-9(15)10(6-12)2-3-10/h1,4-5H,2-3,6,12H2,(H,13,14,15). The lowest BCUT2D eigenvalue weighted by atomic mass is 10.1. The number of nitrogens with one attached hydrogen (secondary N) is 1. The van der Waals surface area contributed by atoms with Crippen LogP contribution >= 0.6 is 11.6 Å². The fourth-order valence-corrected chi connectivity index (χ4v) is 1.56. The zero-order valence-electron chi connectivity index (χ0n) is 8.16. The van der Waals surface area contributed by atoms with Gasteiger partial charge in [-0.3, -0.25) is 4.79 Å². The zero-order valence-corrected chi connectivity index (χ0v) is 8.92. The SMILES string of the molecule is NCC1(C(=O)Nc2cc(Cl)ccn2)CC1. The molecule has 1 fully saturated rings. The topological polar surface area (TPSA) is 68.0 Å². The molecule has 5 heteroatoms. The lowest BCUT2D eigenvalue weighted by Crippen LogP contribution is -2.31. The van der Waals surface area contributed by atoms with Gasteiger partial charge in [-0.15, -0.1) is 0 Å². The van der Waals surface area contributed by atoms with E-state index in [0.717, 1.165) is 12.8 Å². The zero-order chi connectivity index (χ0) is 10.9. The van der Waals surface area contributed by atoms with Crippen LogP contribution in [0.5, 0.6) is 0 Å². The van der Waals surface area contributed by atoms with E-state index in [1.807, 2.05) is 0 Å². The van der Waals surface area contributed by atoms with E-state index in [1.165, 1.54) is 0 Å². The van der Waals surface area contributed by atoms with Crippen LogP contribution < -0.4 is 11.1 Å². The van der Waals surface area contributed by atoms with Crippen LogP contribution in [0.25, 0.3) is 0 Å². The third-order valence-electron chi connectivity index (χ3n) is 2.69. The Kier molecular flexibility index (Phi) is 2.63. The molecule has 4 nitrogen and oxygen atoms in total. The van der Waals surface area contributed by atoms with Crippen molar-refractivity contribution in [1.29, 1.82) is 0 Å². The molecule has 0 saturated heterocycles. The Bertz CT molecular complexity index is 390. The number of pyridine rings is 1. The maximum absolute atomic E-state index is 11.8. The number of nitrogens with two attached hydrogens (primary N) is 1. The van der Waals surface area contributed by atoms with Gasteiger partial charge in [-0.2, -0.15) is 0 Å². The van der Waals surface area contributed by atoms with E-state index >= 15 is 0 Å². The fourth-order valence-electron chi connectivity index (χ4n) is 1.40. The van der Waals surface area contributed by atoms with E-state index in [1.54, 1.807) is 18.3 Å². The summed E-state index contributed by atoms with van der Waals surface area (Å²) < 4.78 is 0. The van der Waals surface area contributed by atoms with Crippen molar-refractivity contribution in [1.82, 2.24) is 4.98 Å². The van der Waals surface area contributed by atoms with E-state index in [4.69, 9.17) is 17.3 Å². The smallest absolute Gasteiger partial charge is 0.233 e. The van der Waals surface area contributed by atoms with E-state index in [2.05, 4.69) is 10.3 Å². The second-order valence-corrected chi connectivity index (χ2v) is 4.23. The van der Waals surface area contributed by atoms with Crippen LogP contribution in [-0.4, -0.2) is 17.4 Å². The number of amides is 1. The lowest BCUT2D eigenvalue weighted by molar-refractivity contribution is -0.120. The summed E-state index contributed by atoms with van der Waals surface area (Å²) in [6, 6.07) is 3.28. The van der Waals surface area contributed by atoms with Crippen molar-refractivity contribution in [2.45, 2.75) is 12.8 Å². The highest BCUT2D eigenvalue weighted by Crippen LogP contribution is 2.45. The average Bonchev–Trinajstić information content (AvgIpc) is 2.98. The molecule has 1 aliphatic carbocycles. The van der Waals surface area contributed by atoms with Crippen LogP contribution in [-0.2, 0) is 4.79 Å². The molecular formula is C10H12ClN3O. The van der Waals surface area contributed by atoms with Gasteiger partial charge in [0, 0.05) is 17.8 Å². The number of carbonyl (C=O) groups excluding carboxylic acids is 1. The summed E-state index contributed by atoms with van der Waals surface area (Å²) in [7, 11) is 0. The first-order valence-electron chi connectivity index (χ1n) is 4.79. The molecule has 80 valence electrons. The van der Waals surface area contributed by atoms with Gasteiger partial charge in [0.25, 0.3) is 0 Å². The largest absolute Gasteiger partial charge is 0.329 e. The molecule has 0 bridgehead atoms. The Labute approximate surface area is 92.8 Å². The molecule has 1 aromatic rings. The Hall–Kier alpha value is -1.13.